The molecule has 0 radical (unpaired) electrons. The topological polar surface area (TPSA) is 33.1 Å². The van der Waals surface area contributed by atoms with Crippen LogP contribution in [0.2, 0.25) is 0 Å². The molecule has 1 unspecified atom stereocenters. The summed E-state index contributed by atoms with van der Waals surface area (Å²) < 4.78 is 2.09. The highest BCUT2D eigenvalue weighted by molar-refractivity contribution is 5.48. The van der Waals surface area contributed by atoms with Crippen molar-refractivity contribution in [2.24, 2.45) is 0 Å². The SMILES string of the molecule is CCn1nc(C)cc1CC(NC)c1cccc(N(C)C)c1. The molecule has 4 heteroatoms. The van der Waals surface area contributed by atoms with Gasteiger partial charge in [-0.1, -0.05) is 12.1 Å². The van der Waals surface area contributed by atoms with Gasteiger partial charge < -0.3 is 10.2 Å². The highest BCUT2D eigenvalue weighted by Gasteiger charge is 2.14. The summed E-state index contributed by atoms with van der Waals surface area (Å²) in [5, 5.41) is 7.97. The first-order valence-corrected chi connectivity index (χ1v) is 7.53. The molecular formula is C17H26N4. The molecule has 1 N–H and O–H groups in total. The van der Waals surface area contributed by atoms with Crippen LogP contribution in [-0.2, 0) is 13.0 Å². The molecule has 1 atom stereocenters. The van der Waals surface area contributed by atoms with Crippen molar-refractivity contribution in [3.05, 3.63) is 47.3 Å². The molecule has 0 amide bonds. The zero-order chi connectivity index (χ0) is 15.4. The van der Waals surface area contributed by atoms with Gasteiger partial charge in [0.1, 0.15) is 0 Å². The number of hydrogen-bond donors (Lipinski definition) is 1. The quantitative estimate of drug-likeness (QED) is 0.886. The molecule has 1 heterocycles. The Morgan fingerprint density at radius 2 is 2.05 bits per heavy atom. The smallest absolute Gasteiger partial charge is 0.0596 e. The number of benzene rings is 1. The number of aromatic nitrogens is 2. The van der Waals surface area contributed by atoms with E-state index in [4.69, 9.17) is 0 Å². The summed E-state index contributed by atoms with van der Waals surface area (Å²) in [7, 11) is 6.17. The highest BCUT2D eigenvalue weighted by atomic mass is 15.3. The number of rotatable bonds is 6. The normalized spacial score (nSPS) is 12.4. The third-order valence-electron chi connectivity index (χ3n) is 3.84. The highest BCUT2D eigenvalue weighted by Crippen LogP contribution is 2.22. The molecule has 2 aromatic rings. The summed E-state index contributed by atoms with van der Waals surface area (Å²) in [4.78, 5) is 2.14. The summed E-state index contributed by atoms with van der Waals surface area (Å²) in [6.45, 7) is 5.10. The molecule has 0 bridgehead atoms. The predicted molar refractivity (Wildman–Crippen MR) is 88.9 cm³/mol. The van der Waals surface area contributed by atoms with Crippen molar-refractivity contribution in [1.29, 1.82) is 0 Å². The summed E-state index contributed by atoms with van der Waals surface area (Å²) in [6, 6.07) is 11.2. The van der Waals surface area contributed by atoms with Crippen molar-refractivity contribution in [3.63, 3.8) is 0 Å². The molecule has 0 saturated carbocycles. The first-order valence-electron chi connectivity index (χ1n) is 7.53. The third kappa shape index (κ3) is 3.64. The maximum absolute atomic E-state index is 4.54. The molecule has 114 valence electrons. The van der Waals surface area contributed by atoms with Crippen LogP contribution >= 0.6 is 0 Å². The van der Waals surface area contributed by atoms with Crippen molar-refractivity contribution >= 4 is 5.69 Å². The van der Waals surface area contributed by atoms with Crippen LogP contribution in [0.5, 0.6) is 0 Å². The van der Waals surface area contributed by atoms with E-state index >= 15 is 0 Å². The van der Waals surface area contributed by atoms with Gasteiger partial charge >= 0.3 is 0 Å². The average molecular weight is 286 g/mol. The van der Waals surface area contributed by atoms with Crippen molar-refractivity contribution in [2.45, 2.75) is 32.9 Å². The Balaban J connectivity index is 2.25. The number of aryl methyl sites for hydroxylation is 2. The molecule has 1 aromatic heterocycles. The maximum atomic E-state index is 4.54. The Hall–Kier alpha value is -1.81. The minimum atomic E-state index is 0.297. The number of nitrogens with zero attached hydrogens (tertiary/aromatic N) is 3. The molecular weight excluding hydrogens is 260 g/mol. The van der Waals surface area contributed by atoms with Gasteiger partial charge in [-0.15, -0.1) is 0 Å². The van der Waals surface area contributed by atoms with Crippen LogP contribution in [0, 0.1) is 6.92 Å². The Morgan fingerprint density at radius 3 is 2.67 bits per heavy atom. The lowest BCUT2D eigenvalue weighted by atomic mass is 10.0. The molecule has 4 nitrogen and oxygen atoms in total. The zero-order valence-electron chi connectivity index (χ0n) is 13.7. The Kier molecular flexibility index (Phi) is 5.02. The number of nitrogens with one attached hydrogen (secondary N) is 1. The van der Waals surface area contributed by atoms with E-state index in [0.29, 0.717) is 6.04 Å². The van der Waals surface area contributed by atoms with E-state index in [2.05, 4.69) is 78.3 Å². The molecule has 21 heavy (non-hydrogen) atoms. The second-order valence-electron chi connectivity index (χ2n) is 5.63. The van der Waals surface area contributed by atoms with Crippen LogP contribution < -0.4 is 10.2 Å². The van der Waals surface area contributed by atoms with Crippen LogP contribution in [0.4, 0.5) is 5.69 Å². The summed E-state index contributed by atoms with van der Waals surface area (Å²) >= 11 is 0. The van der Waals surface area contributed by atoms with Crippen molar-refractivity contribution < 1.29 is 0 Å². The molecule has 2 rings (SSSR count). The lowest BCUT2D eigenvalue weighted by Gasteiger charge is -2.20. The molecule has 0 aliphatic carbocycles. The fourth-order valence-electron chi connectivity index (χ4n) is 2.65. The van der Waals surface area contributed by atoms with Crippen molar-refractivity contribution in [3.8, 4) is 0 Å². The average Bonchev–Trinajstić information content (AvgIpc) is 2.84. The molecule has 0 fully saturated rings. The van der Waals surface area contributed by atoms with Gasteiger partial charge in [-0.25, -0.2) is 0 Å². The van der Waals surface area contributed by atoms with Gasteiger partial charge in [0, 0.05) is 44.5 Å². The summed E-state index contributed by atoms with van der Waals surface area (Å²) in [6.07, 6.45) is 0.946. The number of anilines is 1. The fraction of sp³-hybridized carbons (Fsp3) is 0.471. The van der Waals surface area contributed by atoms with Crippen LogP contribution in [-0.4, -0.2) is 30.9 Å². The summed E-state index contributed by atoms with van der Waals surface area (Å²) in [5.74, 6) is 0. The van der Waals surface area contributed by atoms with Crippen molar-refractivity contribution in [1.82, 2.24) is 15.1 Å². The van der Waals surface area contributed by atoms with Gasteiger partial charge in [0.05, 0.1) is 5.69 Å². The zero-order valence-corrected chi connectivity index (χ0v) is 13.7. The Morgan fingerprint density at radius 1 is 1.29 bits per heavy atom. The molecule has 1 aromatic carbocycles. The van der Waals surface area contributed by atoms with E-state index < -0.39 is 0 Å². The lowest BCUT2D eigenvalue weighted by molar-refractivity contribution is 0.541. The second kappa shape index (κ2) is 6.76. The van der Waals surface area contributed by atoms with E-state index in [9.17, 15) is 0 Å². The van der Waals surface area contributed by atoms with Gasteiger partial charge in [0.25, 0.3) is 0 Å². The van der Waals surface area contributed by atoms with Crippen molar-refractivity contribution in [2.75, 3.05) is 26.0 Å². The van der Waals surface area contributed by atoms with Gasteiger partial charge in [0.15, 0.2) is 0 Å². The number of hydrogen-bond acceptors (Lipinski definition) is 3. The van der Waals surface area contributed by atoms with E-state index in [-0.39, 0.29) is 0 Å². The first kappa shape index (κ1) is 15.6. The monoisotopic (exact) mass is 286 g/mol. The van der Waals surface area contributed by atoms with Crippen LogP contribution in [0.1, 0.15) is 29.9 Å². The minimum absolute atomic E-state index is 0.297. The molecule has 0 aliphatic rings. The third-order valence-corrected chi connectivity index (χ3v) is 3.84. The van der Waals surface area contributed by atoms with Crippen LogP contribution in [0.25, 0.3) is 0 Å². The molecule has 0 spiro atoms. The largest absolute Gasteiger partial charge is 0.378 e. The van der Waals surface area contributed by atoms with Gasteiger partial charge in [-0.2, -0.15) is 5.10 Å². The second-order valence-corrected chi connectivity index (χ2v) is 5.63. The summed E-state index contributed by atoms with van der Waals surface area (Å²) in [5.41, 5.74) is 4.91. The first-order chi connectivity index (χ1) is 10.0. The van der Waals surface area contributed by atoms with E-state index in [0.717, 1.165) is 18.7 Å². The minimum Gasteiger partial charge on any atom is -0.378 e. The Labute approximate surface area is 127 Å². The lowest BCUT2D eigenvalue weighted by Crippen LogP contribution is -2.21. The Bertz CT molecular complexity index is 586. The fourth-order valence-corrected chi connectivity index (χ4v) is 2.65. The molecule has 0 saturated heterocycles. The van der Waals surface area contributed by atoms with E-state index in [1.165, 1.54) is 16.9 Å². The van der Waals surface area contributed by atoms with Crippen LogP contribution in [0.3, 0.4) is 0 Å². The maximum Gasteiger partial charge on any atom is 0.0596 e. The van der Waals surface area contributed by atoms with Gasteiger partial charge in [0.2, 0.25) is 0 Å². The predicted octanol–water partition coefficient (Wildman–Crippen LogP) is 2.78. The molecule has 0 aliphatic heterocycles. The standard InChI is InChI=1S/C17H26N4/c1-6-21-16(10-13(2)19-21)12-17(18-3)14-8-7-9-15(11-14)20(4)5/h7-11,17-18H,6,12H2,1-5H3. The van der Waals surface area contributed by atoms with Gasteiger partial charge in [-0.3, -0.25) is 4.68 Å². The van der Waals surface area contributed by atoms with Gasteiger partial charge in [-0.05, 0) is 44.7 Å². The van der Waals surface area contributed by atoms with E-state index in [1.807, 2.05) is 7.05 Å². The van der Waals surface area contributed by atoms with E-state index in [1.54, 1.807) is 0 Å². The van der Waals surface area contributed by atoms with Crippen LogP contribution in [0.15, 0.2) is 30.3 Å². The number of likely N-dealkylation sites (N-methyl/N-ethyl adjacent to an activating group) is 1.